The summed E-state index contributed by atoms with van der Waals surface area (Å²) in [5, 5.41) is 0. The highest BCUT2D eigenvalue weighted by atomic mass is 16.1. The van der Waals surface area contributed by atoms with E-state index in [1.807, 2.05) is 43.3 Å². The molecule has 94 valence electrons. The minimum atomic E-state index is -0.0908. The average Bonchev–Trinajstić information content (AvgIpc) is 2.45. The van der Waals surface area contributed by atoms with Crippen LogP contribution in [0.1, 0.15) is 11.4 Å². The van der Waals surface area contributed by atoms with Crippen LogP contribution < -0.4 is 5.56 Å². The summed E-state index contributed by atoms with van der Waals surface area (Å²) >= 11 is 0. The molecule has 0 bridgehead atoms. The number of aromatic nitrogens is 3. The van der Waals surface area contributed by atoms with Crippen molar-refractivity contribution < 1.29 is 0 Å². The molecule has 0 saturated heterocycles. The lowest BCUT2D eigenvalue weighted by atomic mass is 10.2. The molecule has 3 aromatic rings. The Morgan fingerprint density at radius 3 is 2.68 bits per heavy atom. The van der Waals surface area contributed by atoms with E-state index in [2.05, 4.69) is 9.97 Å². The van der Waals surface area contributed by atoms with E-state index < -0.39 is 0 Å². The number of nitrogens with zero attached hydrogens (tertiary/aromatic N) is 3. The molecule has 0 atom stereocenters. The predicted molar refractivity (Wildman–Crippen MR) is 74.1 cm³/mol. The van der Waals surface area contributed by atoms with Crippen molar-refractivity contribution in [3.05, 3.63) is 70.4 Å². The van der Waals surface area contributed by atoms with Crippen LogP contribution in [0.5, 0.6) is 0 Å². The molecule has 0 aliphatic rings. The van der Waals surface area contributed by atoms with Gasteiger partial charge in [0, 0.05) is 6.20 Å². The van der Waals surface area contributed by atoms with Crippen molar-refractivity contribution in [2.75, 3.05) is 0 Å². The monoisotopic (exact) mass is 251 g/mol. The lowest BCUT2D eigenvalue weighted by molar-refractivity contribution is 0.710. The average molecular weight is 251 g/mol. The lowest BCUT2D eigenvalue weighted by Gasteiger charge is -2.10. The number of benzene rings is 1. The van der Waals surface area contributed by atoms with E-state index in [4.69, 9.17) is 0 Å². The first kappa shape index (κ1) is 11.6. The van der Waals surface area contributed by atoms with Crippen LogP contribution >= 0.6 is 0 Å². The summed E-state index contributed by atoms with van der Waals surface area (Å²) in [5.74, 6) is 0.703. The van der Waals surface area contributed by atoms with Gasteiger partial charge in [0.25, 0.3) is 5.56 Å². The maximum atomic E-state index is 12.4. The maximum Gasteiger partial charge on any atom is 0.280 e. The Labute approximate surface area is 110 Å². The van der Waals surface area contributed by atoms with Crippen LogP contribution in [0.15, 0.2) is 53.5 Å². The van der Waals surface area contributed by atoms with Gasteiger partial charge < -0.3 is 0 Å². The van der Waals surface area contributed by atoms with E-state index in [1.165, 1.54) is 0 Å². The van der Waals surface area contributed by atoms with Crippen molar-refractivity contribution in [3.8, 4) is 0 Å². The second-order valence-corrected chi connectivity index (χ2v) is 4.41. The standard InChI is InChI=1S/C15H13N3O/c1-11-17-13-8-5-9-16-14(13)15(19)18(11)10-12-6-3-2-4-7-12/h2-9H,10H2,1H3. The lowest BCUT2D eigenvalue weighted by Crippen LogP contribution is -2.25. The predicted octanol–water partition coefficient (Wildman–Crippen LogP) is 2.15. The van der Waals surface area contributed by atoms with Crippen LogP contribution in [0.3, 0.4) is 0 Å². The van der Waals surface area contributed by atoms with Gasteiger partial charge in [-0.1, -0.05) is 30.3 Å². The molecule has 0 unspecified atom stereocenters. The third kappa shape index (κ3) is 2.12. The van der Waals surface area contributed by atoms with Crippen molar-refractivity contribution in [1.82, 2.24) is 14.5 Å². The number of aryl methyl sites for hydroxylation is 1. The molecule has 2 aromatic heterocycles. The SMILES string of the molecule is Cc1nc2cccnc2c(=O)n1Cc1ccccc1. The molecule has 4 heteroatoms. The van der Waals surface area contributed by atoms with Crippen LogP contribution in [-0.4, -0.2) is 14.5 Å². The fraction of sp³-hybridized carbons (Fsp3) is 0.133. The fourth-order valence-electron chi connectivity index (χ4n) is 2.11. The summed E-state index contributed by atoms with van der Waals surface area (Å²) in [5.41, 5.74) is 2.05. The molecule has 0 amide bonds. The van der Waals surface area contributed by atoms with Gasteiger partial charge in [0.1, 0.15) is 5.82 Å². The zero-order valence-corrected chi connectivity index (χ0v) is 10.6. The summed E-state index contributed by atoms with van der Waals surface area (Å²) in [4.78, 5) is 21.0. The maximum absolute atomic E-state index is 12.4. The Bertz CT molecular complexity index is 778. The molecule has 4 nitrogen and oxygen atoms in total. The molecule has 1 aromatic carbocycles. The van der Waals surface area contributed by atoms with Gasteiger partial charge in [-0.25, -0.2) is 9.97 Å². The normalized spacial score (nSPS) is 10.8. The minimum absolute atomic E-state index is 0.0908. The Balaban J connectivity index is 2.16. The Kier molecular flexibility index (Phi) is 2.83. The van der Waals surface area contributed by atoms with Crippen LogP contribution in [-0.2, 0) is 6.54 Å². The van der Waals surface area contributed by atoms with Crippen LogP contribution in [0, 0.1) is 6.92 Å². The van der Waals surface area contributed by atoms with Crippen LogP contribution in [0.2, 0.25) is 0 Å². The van der Waals surface area contributed by atoms with Crippen molar-refractivity contribution in [2.24, 2.45) is 0 Å². The molecule has 0 aliphatic carbocycles. The Morgan fingerprint density at radius 2 is 1.89 bits per heavy atom. The molecular formula is C15H13N3O. The van der Waals surface area contributed by atoms with Crippen molar-refractivity contribution in [2.45, 2.75) is 13.5 Å². The van der Waals surface area contributed by atoms with Gasteiger partial charge in [-0.15, -0.1) is 0 Å². The third-order valence-electron chi connectivity index (χ3n) is 3.09. The third-order valence-corrected chi connectivity index (χ3v) is 3.09. The number of rotatable bonds is 2. The molecule has 0 N–H and O–H groups in total. The fourth-order valence-corrected chi connectivity index (χ4v) is 2.11. The van der Waals surface area contributed by atoms with Gasteiger partial charge in [0.05, 0.1) is 12.1 Å². The molecule has 3 rings (SSSR count). The molecule has 19 heavy (non-hydrogen) atoms. The molecular weight excluding hydrogens is 238 g/mol. The topological polar surface area (TPSA) is 47.8 Å². The Hall–Kier alpha value is -2.49. The quantitative estimate of drug-likeness (QED) is 0.701. The van der Waals surface area contributed by atoms with Crippen LogP contribution in [0.25, 0.3) is 11.0 Å². The first-order valence-electron chi connectivity index (χ1n) is 6.12. The van der Waals surface area contributed by atoms with E-state index in [0.717, 1.165) is 5.56 Å². The molecule has 0 radical (unpaired) electrons. The Morgan fingerprint density at radius 1 is 1.11 bits per heavy atom. The van der Waals surface area contributed by atoms with Gasteiger partial charge in [-0.2, -0.15) is 0 Å². The zero-order chi connectivity index (χ0) is 13.2. The van der Waals surface area contributed by atoms with E-state index in [0.29, 0.717) is 23.4 Å². The second kappa shape index (κ2) is 4.65. The van der Waals surface area contributed by atoms with Gasteiger partial charge in [0.15, 0.2) is 5.52 Å². The highest BCUT2D eigenvalue weighted by molar-refractivity contribution is 5.72. The summed E-state index contributed by atoms with van der Waals surface area (Å²) in [6.07, 6.45) is 1.62. The number of fused-ring (bicyclic) bond motifs is 1. The summed E-state index contributed by atoms with van der Waals surface area (Å²) in [6.45, 7) is 2.36. The molecule has 0 aliphatic heterocycles. The summed E-state index contributed by atoms with van der Waals surface area (Å²) in [6, 6.07) is 13.5. The molecule has 2 heterocycles. The second-order valence-electron chi connectivity index (χ2n) is 4.41. The first-order chi connectivity index (χ1) is 9.25. The minimum Gasteiger partial charge on any atom is -0.291 e. The number of pyridine rings is 1. The zero-order valence-electron chi connectivity index (χ0n) is 10.6. The number of hydrogen-bond donors (Lipinski definition) is 0. The molecule has 0 spiro atoms. The van der Waals surface area contributed by atoms with E-state index in [9.17, 15) is 4.79 Å². The van der Waals surface area contributed by atoms with Gasteiger partial charge in [-0.3, -0.25) is 9.36 Å². The van der Waals surface area contributed by atoms with E-state index in [-0.39, 0.29) is 5.56 Å². The van der Waals surface area contributed by atoms with Gasteiger partial charge >= 0.3 is 0 Å². The van der Waals surface area contributed by atoms with Gasteiger partial charge in [-0.05, 0) is 24.6 Å². The summed E-state index contributed by atoms with van der Waals surface area (Å²) < 4.78 is 1.66. The molecule has 0 saturated carbocycles. The highest BCUT2D eigenvalue weighted by Gasteiger charge is 2.08. The first-order valence-corrected chi connectivity index (χ1v) is 6.12. The van der Waals surface area contributed by atoms with Crippen molar-refractivity contribution in [1.29, 1.82) is 0 Å². The van der Waals surface area contributed by atoms with Gasteiger partial charge in [0.2, 0.25) is 0 Å². The van der Waals surface area contributed by atoms with Crippen molar-refractivity contribution in [3.63, 3.8) is 0 Å². The van der Waals surface area contributed by atoms with Crippen LogP contribution in [0.4, 0.5) is 0 Å². The largest absolute Gasteiger partial charge is 0.291 e. The highest BCUT2D eigenvalue weighted by Crippen LogP contribution is 2.07. The smallest absolute Gasteiger partial charge is 0.280 e. The van der Waals surface area contributed by atoms with E-state index >= 15 is 0 Å². The van der Waals surface area contributed by atoms with E-state index in [1.54, 1.807) is 16.8 Å². The molecule has 0 fully saturated rings. The summed E-state index contributed by atoms with van der Waals surface area (Å²) in [7, 11) is 0. The van der Waals surface area contributed by atoms with Crippen molar-refractivity contribution >= 4 is 11.0 Å². The number of hydrogen-bond acceptors (Lipinski definition) is 3.